The first-order chi connectivity index (χ1) is 27.0. The molecule has 8 rings (SSSR count). The first kappa shape index (κ1) is 38.5. The quantitative estimate of drug-likeness (QED) is 0.215. The molecule has 3 amide bonds. The van der Waals surface area contributed by atoms with Crippen LogP contribution in [0.1, 0.15) is 35.6 Å². The molecule has 2 N–H and O–H groups in total. The van der Waals surface area contributed by atoms with E-state index in [4.69, 9.17) is 9.47 Å². The van der Waals surface area contributed by atoms with Gasteiger partial charge < -0.3 is 34.6 Å². The fraction of sp³-hybridized carbons (Fsp3) is 0.386. The smallest absolute Gasteiger partial charge is 0.264 e. The number of amides is 3. The number of hydrogen-bond donors (Lipinski definition) is 2. The molecule has 0 saturated carbocycles. The van der Waals surface area contributed by atoms with Crippen LogP contribution in [0.2, 0.25) is 18.6 Å². The van der Waals surface area contributed by atoms with Crippen LogP contribution in [0.3, 0.4) is 0 Å². The highest BCUT2D eigenvalue weighted by Gasteiger charge is 2.66. The van der Waals surface area contributed by atoms with E-state index in [-0.39, 0.29) is 48.3 Å². The van der Waals surface area contributed by atoms with E-state index >= 15 is 4.79 Å². The minimum Gasteiger partial charge on any atom is -0.497 e. The lowest BCUT2D eigenvalue weighted by Crippen LogP contribution is -2.52. The number of rotatable bonds is 9. The van der Waals surface area contributed by atoms with Crippen LogP contribution in [-0.2, 0) is 44.2 Å². The summed E-state index contributed by atoms with van der Waals surface area (Å²) >= 11 is 3.70. The van der Waals surface area contributed by atoms with Gasteiger partial charge in [0.15, 0.2) is 5.60 Å². The topological polar surface area (TPSA) is 112 Å². The Kier molecular flexibility index (Phi) is 10.5. The second-order valence-electron chi connectivity index (χ2n) is 16.1. The predicted molar refractivity (Wildman–Crippen MR) is 223 cm³/mol. The van der Waals surface area contributed by atoms with Gasteiger partial charge in [-0.15, -0.1) is 0 Å². The summed E-state index contributed by atoms with van der Waals surface area (Å²) in [5.41, 5.74) is 4.12. The van der Waals surface area contributed by atoms with E-state index in [1.54, 1.807) is 12.0 Å². The average molecular weight is 838 g/mol. The van der Waals surface area contributed by atoms with Crippen molar-refractivity contribution in [2.24, 2.45) is 5.92 Å². The van der Waals surface area contributed by atoms with E-state index < -0.39 is 19.8 Å². The Balaban J connectivity index is 1.16. The van der Waals surface area contributed by atoms with E-state index in [2.05, 4.69) is 59.5 Å². The van der Waals surface area contributed by atoms with Crippen molar-refractivity contribution in [2.45, 2.75) is 69.2 Å². The van der Waals surface area contributed by atoms with Gasteiger partial charge in [-0.3, -0.25) is 14.4 Å². The zero-order chi connectivity index (χ0) is 39.4. The molecule has 12 heteroatoms. The molecule has 0 bridgehead atoms. The number of anilines is 2. The third-order valence-corrected chi connectivity index (χ3v) is 17.6. The van der Waals surface area contributed by atoms with Gasteiger partial charge in [0.1, 0.15) is 5.75 Å². The lowest BCUT2D eigenvalue weighted by molar-refractivity contribution is -0.151. The van der Waals surface area contributed by atoms with Gasteiger partial charge in [-0.2, -0.15) is 0 Å². The van der Waals surface area contributed by atoms with Crippen LogP contribution in [-0.4, -0.2) is 81.3 Å². The Morgan fingerprint density at radius 2 is 1.75 bits per heavy atom. The van der Waals surface area contributed by atoms with E-state index in [9.17, 15) is 14.7 Å². The number of methoxy groups -OCH3 is 1. The maximum absolute atomic E-state index is 15.3. The summed E-state index contributed by atoms with van der Waals surface area (Å²) in [5, 5.41) is 14.8. The molecule has 10 nitrogen and oxygen atoms in total. The summed E-state index contributed by atoms with van der Waals surface area (Å²) in [7, 11) is -0.854. The molecule has 5 atom stereocenters. The molecule has 0 aliphatic carbocycles. The lowest BCUT2D eigenvalue weighted by Gasteiger charge is -2.39. The Bertz CT molecular complexity index is 2150. The normalized spacial score (nSPS) is 24.8. The van der Waals surface area contributed by atoms with Crippen molar-refractivity contribution in [3.05, 3.63) is 118 Å². The van der Waals surface area contributed by atoms with Crippen LogP contribution in [0.4, 0.5) is 11.4 Å². The van der Waals surface area contributed by atoms with Crippen LogP contribution in [0.25, 0.3) is 0 Å². The number of benzene rings is 4. The Morgan fingerprint density at radius 3 is 2.45 bits per heavy atom. The number of carbonyl (C=O) groups is 3. The minimum atomic E-state index is -2.51. The molecule has 0 radical (unpaired) electrons. The fourth-order valence-electron chi connectivity index (χ4n) is 9.82. The Labute approximate surface area is 337 Å². The Morgan fingerprint density at radius 1 is 1.02 bits per heavy atom. The maximum atomic E-state index is 15.3. The van der Waals surface area contributed by atoms with Crippen LogP contribution >= 0.6 is 15.9 Å². The largest absolute Gasteiger partial charge is 0.497 e. The molecule has 1 spiro atoms. The minimum absolute atomic E-state index is 0.0354. The molecule has 0 aromatic heterocycles. The second kappa shape index (κ2) is 15.2. The van der Waals surface area contributed by atoms with Gasteiger partial charge in [0.25, 0.3) is 5.91 Å². The zero-order valence-electron chi connectivity index (χ0n) is 32.3. The zero-order valence-corrected chi connectivity index (χ0v) is 34.9. The molecule has 2 fully saturated rings. The molecule has 292 valence electrons. The first-order valence-electron chi connectivity index (χ1n) is 19.5. The summed E-state index contributed by atoms with van der Waals surface area (Å²) in [4.78, 5) is 47.9. The van der Waals surface area contributed by atoms with Crippen molar-refractivity contribution in [1.29, 1.82) is 0 Å². The summed E-state index contributed by atoms with van der Waals surface area (Å²) in [6, 6.07) is 29.8. The van der Waals surface area contributed by atoms with Crippen molar-refractivity contribution in [1.82, 2.24) is 10.2 Å². The average Bonchev–Trinajstić information content (AvgIpc) is 3.63. The molecular formula is C44H49BrN4O6Si. The van der Waals surface area contributed by atoms with Gasteiger partial charge in [0.05, 0.1) is 59.1 Å². The number of hydrogen-bond acceptors (Lipinski definition) is 7. The van der Waals surface area contributed by atoms with E-state index in [1.165, 1.54) is 5.19 Å². The van der Waals surface area contributed by atoms with Crippen LogP contribution in [0.5, 0.6) is 5.75 Å². The van der Waals surface area contributed by atoms with Gasteiger partial charge in [-0.05, 0) is 71.1 Å². The van der Waals surface area contributed by atoms with E-state index in [0.29, 0.717) is 32.6 Å². The predicted octanol–water partition coefficient (Wildman–Crippen LogP) is 5.49. The number of aliphatic hydroxyl groups excluding tert-OH is 1. The third-order valence-electron chi connectivity index (χ3n) is 12.7. The molecule has 56 heavy (non-hydrogen) atoms. The number of halogens is 1. The van der Waals surface area contributed by atoms with E-state index in [0.717, 1.165) is 50.4 Å². The monoisotopic (exact) mass is 836 g/mol. The van der Waals surface area contributed by atoms with Gasteiger partial charge in [-0.1, -0.05) is 89.7 Å². The lowest BCUT2D eigenvalue weighted by atomic mass is 9.82. The standard InChI is InChI=1S/C44H49BrN4O6Si/c1-28-42(56(3,4)36-16-14-35(54-2)15-17-36)39(23-40(51)48-26-31-8-6-5-7-30(31)21-34(48)27-50)55-44(28)37-22-32(45)11-18-38(37)49(43(44)53)25-29-9-12-33(13-10-29)47-20-19-46-24-41(47)52/h5-18,22,28,34,39,42,46,50H,19-21,23-27H2,1-4H3/t28-,34+,39+,42-,44+/m1/s1. The van der Waals surface area contributed by atoms with Crippen molar-refractivity contribution >= 4 is 58.3 Å². The van der Waals surface area contributed by atoms with Crippen molar-refractivity contribution in [3.63, 3.8) is 0 Å². The molecular weight excluding hydrogens is 788 g/mol. The molecule has 2 saturated heterocycles. The molecule has 4 aromatic carbocycles. The summed E-state index contributed by atoms with van der Waals surface area (Å²) in [6.45, 7) is 9.02. The molecule has 0 unspecified atom stereocenters. The Hall–Kier alpha value is -4.33. The number of carbonyl (C=O) groups excluding carboxylic acids is 3. The van der Waals surface area contributed by atoms with Crippen molar-refractivity contribution < 1.29 is 29.0 Å². The summed E-state index contributed by atoms with van der Waals surface area (Å²) in [6.07, 6.45) is 0.107. The third kappa shape index (κ3) is 6.58. The SMILES string of the molecule is COc1ccc([Si](C)(C)[C@H]2[C@H](CC(=O)N3Cc4ccccc4C[C@H]3CO)O[C@@]3(C(=O)N(Cc4ccc(N5CCNCC5=O)cc4)c4ccc(Br)cc43)[C@@H]2C)cc1. The fourth-order valence-corrected chi connectivity index (χ4v) is 14.2. The van der Waals surface area contributed by atoms with Crippen LogP contribution < -0.4 is 25.0 Å². The highest BCUT2D eigenvalue weighted by atomic mass is 79.9. The number of aliphatic hydroxyl groups is 1. The highest BCUT2D eigenvalue weighted by molar-refractivity contribution is 9.10. The molecule has 4 aliphatic heterocycles. The number of nitrogens with zero attached hydrogens (tertiary/aromatic N) is 3. The van der Waals surface area contributed by atoms with Crippen molar-refractivity contribution in [3.8, 4) is 5.75 Å². The number of ether oxygens (including phenoxy) is 2. The maximum Gasteiger partial charge on any atom is 0.264 e. The molecule has 4 heterocycles. The number of fused-ring (bicyclic) bond motifs is 3. The second-order valence-corrected chi connectivity index (χ2v) is 21.7. The summed E-state index contributed by atoms with van der Waals surface area (Å²) < 4.78 is 13.6. The molecule has 4 aromatic rings. The van der Waals surface area contributed by atoms with E-state index in [1.807, 2.05) is 82.6 Å². The first-order valence-corrected chi connectivity index (χ1v) is 23.3. The number of nitrogens with one attached hydrogen (secondary N) is 1. The number of piperazine rings is 1. The van der Waals surface area contributed by atoms with Gasteiger partial charge in [-0.25, -0.2) is 0 Å². The van der Waals surface area contributed by atoms with Crippen LogP contribution in [0.15, 0.2) is 95.5 Å². The van der Waals surface area contributed by atoms with Crippen molar-refractivity contribution in [2.75, 3.05) is 43.2 Å². The van der Waals surface area contributed by atoms with Crippen LogP contribution in [0, 0.1) is 5.92 Å². The summed E-state index contributed by atoms with van der Waals surface area (Å²) in [5.74, 6) is 0.293. The highest BCUT2D eigenvalue weighted by Crippen LogP contribution is 2.60. The molecule has 4 aliphatic rings. The van der Waals surface area contributed by atoms with Gasteiger partial charge in [0.2, 0.25) is 11.8 Å². The van der Waals surface area contributed by atoms with Gasteiger partial charge >= 0.3 is 0 Å². The van der Waals surface area contributed by atoms with Gasteiger partial charge in [0, 0.05) is 41.3 Å².